The number of piperazine rings is 1. The molecule has 2 bridgehead atoms. The van der Waals surface area contributed by atoms with Crippen LogP contribution in [-0.4, -0.2) is 47.6 Å². The van der Waals surface area contributed by atoms with E-state index in [-0.39, 0.29) is 0 Å². The van der Waals surface area contributed by atoms with E-state index >= 15 is 0 Å². The average Bonchev–Trinajstić information content (AvgIpc) is 2.36. The van der Waals surface area contributed by atoms with Crippen LogP contribution in [0.1, 0.15) is 58.3 Å². The van der Waals surface area contributed by atoms with E-state index in [2.05, 4.69) is 16.7 Å². The Labute approximate surface area is 118 Å². The maximum atomic E-state index is 2.85. The summed E-state index contributed by atoms with van der Waals surface area (Å²) in [5, 5.41) is 0. The Hall–Kier alpha value is -0.0800. The van der Waals surface area contributed by atoms with Crippen molar-refractivity contribution in [2.75, 3.05) is 26.2 Å². The molecule has 108 valence electrons. The van der Waals surface area contributed by atoms with E-state index in [0.29, 0.717) is 0 Å². The quantitative estimate of drug-likeness (QED) is 0.771. The zero-order valence-corrected chi connectivity index (χ0v) is 12.6. The summed E-state index contributed by atoms with van der Waals surface area (Å²) in [6, 6.07) is 0.929. The third kappa shape index (κ3) is 2.06. The minimum absolute atomic E-state index is 0.719. The Kier molecular flexibility index (Phi) is 3.15. The summed E-state index contributed by atoms with van der Waals surface area (Å²) >= 11 is 0. The molecule has 2 heteroatoms. The first-order valence-electron chi connectivity index (χ1n) is 8.78. The summed E-state index contributed by atoms with van der Waals surface area (Å²) in [6.07, 6.45) is 12.0. The third-order valence-electron chi connectivity index (χ3n) is 6.90. The van der Waals surface area contributed by atoms with Gasteiger partial charge in [-0.1, -0.05) is 13.3 Å². The molecular weight excluding hydrogens is 232 g/mol. The van der Waals surface area contributed by atoms with Crippen molar-refractivity contribution in [2.45, 2.75) is 69.9 Å². The minimum atomic E-state index is 0.719. The van der Waals surface area contributed by atoms with Crippen LogP contribution in [0.5, 0.6) is 0 Å². The molecule has 0 aromatic rings. The molecule has 1 heterocycles. The number of rotatable bonds is 3. The molecular formula is C17H30N2. The Morgan fingerprint density at radius 1 is 0.895 bits per heavy atom. The van der Waals surface area contributed by atoms with Gasteiger partial charge in [0.05, 0.1) is 0 Å². The molecule has 0 aromatic carbocycles. The van der Waals surface area contributed by atoms with E-state index < -0.39 is 0 Å². The Morgan fingerprint density at radius 3 is 2.00 bits per heavy atom. The molecule has 0 amide bonds. The number of hydrogen-bond acceptors (Lipinski definition) is 2. The van der Waals surface area contributed by atoms with Crippen molar-refractivity contribution in [1.82, 2.24) is 9.80 Å². The van der Waals surface area contributed by atoms with Gasteiger partial charge in [0.2, 0.25) is 0 Å². The standard InChI is InChI=1S/C17H30N2/c1-2-14-3-5-16(6-4-14)18-7-9-19(10-8-18)17-11-15(12-17)13-17/h14-16H,2-13H2,1H3/t14-,15?,16-,17?. The molecule has 4 saturated carbocycles. The zero-order valence-electron chi connectivity index (χ0n) is 12.6. The molecule has 0 aromatic heterocycles. The molecule has 5 aliphatic rings. The van der Waals surface area contributed by atoms with Crippen LogP contribution in [-0.2, 0) is 0 Å². The fraction of sp³-hybridized carbons (Fsp3) is 1.00. The highest BCUT2D eigenvalue weighted by Crippen LogP contribution is 2.60. The van der Waals surface area contributed by atoms with Gasteiger partial charge in [-0.25, -0.2) is 0 Å². The van der Waals surface area contributed by atoms with Gasteiger partial charge in [-0.2, -0.15) is 0 Å². The largest absolute Gasteiger partial charge is 0.298 e. The molecule has 0 atom stereocenters. The monoisotopic (exact) mass is 262 g/mol. The zero-order chi connectivity index (χ0) is 12.9. The van der Waals surface area contributed by atoms with Crippen molar-refractivity contribution in [3.63, 3.8) is 0 Å². The van der Waals surface area contributed by atoms with E-state index in [1.807, 2.05) is 0 Å². The molecule has 2 nitrogen and oxygen atoms in total. The lowest BCUT2D eigenvalue weighted by Crippen LogP contribution is -2.71. The van der Waals surface area contributed by atoms with Crippen LogP contribution in [0, 0.1) is 11.8 Å². The lowest BCUT2D eigenvalue weighted by molar-refractivity contribution is -0.157. The smallest absolute Gasteiger partial charge is 0.0218 e. The summed E-state index contributed by atoms with van der Waals surface area (Å²) < 4.78 is 0. The molecule has 19 heavy (non-hydrogen) atoms. The van der Waals surface area contributed by atoms with Gasteiger partial charge in [0.25, 0.3) is 0 Å². The molecule has 0 radical (unpaired) electrons. The highest BCUT2D eigenvalue weighted by Gasteiger charge is 2.59. The van der Waals surface area contributed by atoms with E-state index in [1.165, 1.54) is 77.5 Å². The van der Waals surface area contributed by atoms with Gasteiger partial charge in [-0.05, 0) is 56.8 Å². The molecule has 5 rings (SSSR count). The molecule has 1 aliphatic heterocycles. The molecule has 0 N–H and O–H groups in total. The van der Waals surface area contributed by atoms with Gasteiger partial charge in [-0.3, -0.25) is 9.80 Å². The SMILES string of the molecule is CC[C@H]1CC[C@H](N2CCN(C34CC(C3)C4)CC2)CC1. The van der Waals surface area contributed by atoms with Crippen molar-refractivity contribution in [3.05, 3.63) is 0 Å². The van der Waals surface area contributed by atoms with Gasteiger partial charge >= 0.3 is 0 Å². The van der Waals surface area contributed by atoms with Gasteiger partial charge in [0.1, 0.15) is 0 Å². The summed E-state index contributed by atoms with van der Waals surface area (Å²) in [5.74, 6) is 2.17. The van der Waals surface area contributed by atoms with Crippen molar-refractivity contribution in [2.24, 2.45) is 11.8 Å². The average molecular weight is 262 g/mol. The minimum Gasteiger partial charge on any atom is -0.298 e. The first kappa shape index (κ1) is 12.6. The van der Waals surface area contributed by atoms with Crippen LogP contribution in [0.15, 0.2) is 0 Å². The lowest BCUT2D eigenvalue weighted by Gasteiger charge is -2.68. The van der Waals surface area contributed by atoms with Gasteiger partial charge in [-0.15, -0.1) is 0 Å². The Morgan fingerprint density at radius 2 is 1.53 bits per heavy atom. The summed E-state index contributed by atoms with van der Waals surface area (Å²) in [6.45, 7) is 7.80. The van der Waals surface area contributed by atoms with E-state index in [1.54, 1.807) is 0 Å². The first-order valence-corrected chi connectivity index (χ1v) is 8.78. The van der Waals surface area contributed by atoms with Crippen LogP contribution < -0.4 is 0 Å². The number of hydrogen-bond donors (Lipinski definition) is 0. The van der Waals surface area contributed by atoms with E-state index in [9.17, 15) is 0 Å². The highest BCUT2D eigenvalue weighted by molar-refractivity contribution is 5.15. The summed E-state index contributed by atoms with van der Waals surface area (Å²) in [7, 11) is 0. The van der Waals surface area contributed by atoms with Gasteiger partial charge < -0.3 is 0 Å². The van der Waals surface area contributed by atoms with Crippen molar-refractivity contribution in [1.29, 1.82) is 0 Å². The third-order valence-corrected chi connectivity index (χ3v) is 6.90. The lowest BCUT2D eigenvalue weighted by atomic mass is 9.49. The van der Waals surface area contributed by atoms with Crippen molar-refractivity contribution >= 4 is 0 Å². The van der Waals surface area contributed by atoms with Crippen LogP contribution in [0.4, 0.5) is 0 Å². The first-order chi connectivity index (χ1) is 9.29. The molecule has 1 saturated heterocycles. The predicted octanol–water partition coefficient (Wildman–Crippen LogP) is 3.13. The van der Waals surface area contributed by atoms with Crippen molar-refractivity contribution in [3.8, 4) is 0 Å². The van der Waals surface area contributed by atoms with E-state index in [4.69, 9.17) is 0 Å². The Bertz CT molecular complexity index is 307. The van der Waals surface area contributed by atoms with Gasteiger partial charge in [0.15, 0.2) is 0 Å². The van der Waals surface area contributed by atoms with Gasteiger partial charge in [0, 0.05) is 37.8 Å². The number of nitrogens with zero attached hydrogens (tertiary/aromatic N) is 2. The molecule has 5 fully saturated rings. The fourth-order valence-electron chi connectivity index (χ4n) is 5.30. The van der Waals surface area contributed by atoms with E-state index in [0.717, 1.165) is 23.4 Å². The van der Waals surface area contributed by atoms with Crippen LogP contribution in [0.25, 0.3) is 0 Å². The second-order valence-corrected chi connectivity index (χ2v) is 7.81. The van der Waals surface area contributed by atoms with Crippen LogP contribution in [0.3, 0.4) is 0 Å². The second-order valence-electron chi connectivity index (χ2n) is 7.81. The molecule has 0 unspecified atom stereocenters. The Balaban J connectivity index is 1.26. The summed E-state index contributed by atoms with van der Waals surface area (Å²) in [4.78, 5) is 5.68. The van der Waals surface area contributed by atoms with Crippen molar-refractivity contribution < 1.29 is 0 Å². The highest BCUT2D eigenvalue weighted by atomic mass is 15.3. The topological polar surface area (TPSA) is 6.48 Å². The molecule has 4 aliphatic carbocycles. The fourth-order valence-corrected chi connectivity index (χ4v) is 5.30. The van der Waals surface area contributed by atoms with Crippen LogP contribution >= 0.6 is 0 Å². The predicted molar refractivity (Wildman–Crippen MR) is 79.3 cm³/mol. The van der Waals surface area contributed by atoms with Crippen LogP contribution in [0.2, 0.25) is 0 Å². The maximum absolute atomic E-state index is 2.85. The maximum Gasteiger partial charge on any atom is 0.0218 e. The summed E-state index contributed by atoms with van der Waals surface area (Å²) in [5.41, 5.74) is 0.719. The second kappa shape index (κ2) is 4.73. The molecule has 0 spiro atoms. The normalized spacial score (nSPS) is 47.5.